The molecule has 106 valence electrons. The van der Waals surface area contributed by atoms with Crippen molar-refractivity contribution in [3.63, 3.8) is 0 Å². The van der Waals surface area contributed by atoms with Gasteiger partial charge in [0.2, 0.25) is 0 Å². The molecule has 1 nitrogen and oxygen atoms in total. The van der Waals surface area contributed by atoms with Crippen LogP contribution in [0.25, 0.3) is 0 Å². The molecule has 0 unspecified atom stereocenters. The maximum atomic E-state index is 12.9. The van der Waals surface area contributed by atoms with E-state index in [1.807, 2.05) is 13.8 Å². The van der Waals surface area contributed by atoms with Gasteiger partial charge in [0.25, 0.3) is 0 Å². The molecule has 1 rings (SSSR count). The highest BCUT2D eigenvalue weighted by Gasteiger charge is 2.35. The fourth-order valence-corrected chi connectivity index (χ4v) is 2.30. The molecule has 0 bridgehead atoms. The van der Waals surface area contributed by atoms with Crippen LogP contribution in [0.3, 0.4) is 0 Å². The highest BCUT2D eigenvalue weighted by Crippen LogP contribution is 2.35. The lowest BCUT2D eigenvalue weighted by Gasteiger charge is -2.15. The normalized spacial score (nSPS) is 11.9. The predicted molar refractivity (Wildman–Crippen MR) is 72.2 cm³/mol. The van der Waals surface area contributed by atoms with Crippen LogP contribution in [-0.4, -0.2) is 5.78 Å². The summed E-state index contributed by atoms with van der Waals surface area (Å²) in [6, 6.07) is 3.67. The van der Waals surface area contributed by atoms with E-state index in [0.29, 0.717) is 4.47 Å². The fraction of sp³-hybridized carbons (Fsp3) is 0.500. The molecule has 0 aliphatic carbocycles. The van der Waals surface area contributed by atoms with Crippen LogP contribution in [0, 0.1) is 5.92 Å². The third kappa shape index (κ3) is 4.34. The maximum Gasteiger partial charge on any atom is 0.417 e. The van der Waals surface area contributed by atoms with Crippen LogP contribution in [0.15, 0.2) is 22.7 Å². The molecule has 1 aromatic rings. The molecule has 0 amide bonds. The van der Waals surface area contributed by atoms with Crippen molar-refractivity contribution in [2.45, 2.75) is 39.3 Å². The van der Waals surface area contributed by atoms with Gasteiger partial charge in [-0.3, -0.25) is 4.79 Å². The smallest absolute Gasteiger partial charge is 0.294 e. The van der Waals surface area contributed by atoms with E-state index in [2.05, 4.69) is 15.9 Å². The van der Waals surface area contributed by atoms with E-state index in [0.717, 1.165) is 18.9 Å². The van der Waals surface area contributed by atoms with E-state index < -0.39 is 17.5 Å². The summed E-state index contributed by atoms with van der Waals surface area (Å²) >= 11 is 3.00. The third-order valence-electron chi connectivity index (χ3n) is 3.22. The van der Waals surface area contributed by atoms with Crippen molar-refractivity contribution in [3.05, 3.63) is 33.8 Å². The van der Waals surface area contributed by atoms with Gasteiger partial charge in [-0.05, 0) is 24.1 Å². The average Bonchev–Trinajstić information content (AvgIpc) is 2.34. The molecule has 0 spiro atoms. The van der Waals surface area contributed by atoms with Crippen molar-refractivity contribution in [2.24, 2.45) is 5.92 Å². The number of carbonyl (C=O) groups is 1. The minimum Gasteiger partial charge on any atom is -0.294 e. The minimum atomic E-state index is -4.51. The molecular weight excluding hydrogens is 321 g/mol. The van der Waals surface area contributed by atoms with Crippen LogP contribution >= 0.6 is 15.9 Å². The van der Waals surface area contributed by atoms with Crippen molar-refractivity contribution in [1.82, 2.24) is 0 Å². The first-order valence-corrected chi connectivity index (χ1v) is 6.98. The average molecular weight is 337 g/mol. The Balaban J connectivity index is 3.09. The second kappa shape index (κ2) is 6.55. The molecule has 1 aromatic carbocycles. The van der Waals surface area contributed by atoms with Crippen molar-refractivity contribution < 1.29 is 18.0 Å². The molecule has 0 N–H and O–H groups in total. The Hall–Kier alpha value is -0.840. The highest BCUT2D eigenvalue weighted by molar-refractivity contribution is 9.10. The summed E-state index contributed by atoms with van der Waals surface area (Å²) in [7, 11) is 0. The lowest BCUT2D eigenvalue weighted by Crippen LogP contribution is -2.15. The van der Waals surface area contributed by atoms with Crippen molar-refractivity contribution in [2.75, 3.05) is 0 Å². The maximum absolute atomic E-state index is 12.9. The minimum absolute atomic E-state index is 0.136. The first kappa shape index (κ1) is 16.2. The fourth-order valence-electron chi connectivity index (χ4n) is 1.94. The molecule has 0 aromatic heterocycles. The summed E-state index contributed by atoms with van der Waals surface area (Å²) in [5.41, 5.74) is -1.10. The zero-order chi connectivity index (χ0) is 14.6. The lowest BCUT2D eigenvalue weighted by molar-refractivity contribution is -0.138. The van der Waals surface area contributed by atoms with Crippen LogP contribution < -0.4 is 0 Å². The molecule has 0 atom stereocenters. The van der Waals surface area contributed by atoms with Gasteiger partial charge in [0, 0.05) is 16.5 Å². The highest BCUT2D eigenvalue weighted by atomic mass is 79.9. The molecule has 0 aliphatic heterocycles. The van der Waals surface area contributed by atoms with Crippen molar-refractivity contribution in [1.29, 1.82) is 0 Å². The van der Waals surface area contributed by atoms with Crippen LogP contribution in [0.2, 0.25) is 0 Å². The quantitative estimate of drug-likeness (QED) is 0.651. The molecule has 0 aliphatic rings. The van der Waals surface area contributed by atoms with Gasteiger partial charge in [-0.25, -0.2) is 0 Å². The number of halogens is 4. The zero-order valence-corrected chi connectivity index (χ0v) is 12.4. The van der Waals surface area contributed by atoms with E-state index in [1.165, 1.54) is 12.1 Å². The number of carbonyl (C=O) groups excluding carboxylic acids is 1. The largest absolute Gasteiger partial charge is 0.417 e. The molecule has 0 saturated carbocycles. The summed E-state index contributed by atoms with van der Waals surface area (Å²) < 4.78 is 39.1. The van der Waals surface area contributed by atoms with Gasteiger partial charge in [-0.2, -0.15) is 13.2 Å². The predicted octanol–water partition coefficient (Wildman–Crippen LogP) is 5.48. The van der Waals surface area contributed by atoms with Gasteiger partial charge in [-0.1, -0.05) is 42.6 Å². The van der Waals surface area contributed by atoms with Gasteiger partial charge in [0.1, 0.15) is 0 Å². The first-order chi connectivity index (χ1) is 8.79. The molecule has 0 heterocycles. The van der Waals surface area contributed by atoms with Crippen molar-refractivity contribution in [3.8, 4) is 0 Å². The van der Waals surface area contributed by atoms with E-state index in [-0.39, 0.29) is 17.9 Å². The molecule has 0 saturated heterocycles. The lowest BCUT2D eigenvalue weighted by atomic mass is 9.92. The Morgan fingerprint density at radius 2 is 1.84 bits per heavy atom. The number of ketones is 1. The van der Waals surface area contributed by atoms with E-state index in [1.54, 1.807) is 0 Å². The van der Waals surface area contributed by atoms with Gasteiger partial charge < -0.3 is 0 Å². The summed E-state index contributed by atoms with van der Waals surface area (Å²) in [4.78, 5) is 12.0. The Labute approximate surface area is 119 Å². The molecule has 19 heavy (non-hydrogen) atoms. The molecule has 0 radical (unpaired) electrons. The second-order valence-electron chi connectivity index (χ2n) is 4.50. The van der Waals surface area contributed by atoms with Crippen LogP contribution in [0.1, 0.15) is 49.0 Å². The van der Waals surface area contributed by atoms with Crippen LogP contribution in [-0.2, 0) is 6.18 Å². The number of hydrogen-bond acceptors (Lipinski definition) is 1. The Kier molecular flexibility index (Phi) is 5.59. The van der Waals surface area contributed by atoms with E-state index in [4.69, 9.17) is 0 Å². The SMILES string of the molecule is CCC(CC)CC(=O)c1ccc(Br)cc1C(F)(F)F. The number of rotatable bonds is 5. The number of Topliss-reactive ketones (excluding diaryl/α,β-unsaturated/α-hetero) is 1. The summed E-state index contributed by atoms with van der Waals surface area (Å²) in [5.74, 6) is -0.300. The molecule has 5 heteroatoms. The first-order valence-electron chi connectivity index (χ1n) is 6.19. The Morgan fingerprint density at radius 3 is 2.32 bits per heavy atom. The monoisotopic (exact) mass is 336 g/mol. The van der Waals surface area contributed by atoms with Gasteiger partial charge in [0.15, 0.2) is 5.78 Å². The number of hydrogen-bond donors (Lipinski definition) is 0. The van der Waals surface area contributed by atoms with Crippen LogP contribution in [0.4, 0.5) is 13.2 Å². The number of alkyl halides is 3. The van der Waals surface area contributed by atoms with Crippen molar-refractivity contribution >= 4 is 21.7 Å². The molecular formula is C14H16BrF3O. The zero-order valence-electron chi connectivity index (χ0n) is 10.9. The van der Waals surface area contributed by atoms with E-state index in [9.17, 15) is 18.0 Å². The standard InChI is InChI=1S/C14H16BrF3O/c1-3-9(4-2)7-13(19)11-6-5-10(15)8-12(11)14(16,17)18/h5-6,8-9H,3-4,7H2,1-2H3. The van der Waals surface area contributed by atoms with Gasteiger partial charge in [0.05, 0.1) is 5.56 Å². The number of benzene rings is 1. The van der Waals surface area contributed by atoms with Crippen LogP contribution in [0.5, 0.6) is 0 Å². The van der Waals surface area contributed by atoms with Gasteiger partial charge in [-0.15, -0.1) is 0 Å². The summed E-state index contributed by atoms with van der Waals surface area (Å²) in [5, 5.41) is 0. The van der Waals surface area contributed by atoms with Gasteiger partial charge >= 0.3 is 6.18 Å². The Morgan fingerprint density at radius 1 is 1.26 bits per heavy atom. The summed E-state index contributed by atoms with van der Waals surface area (Å²) in [6.45, 7) is 3.88. The topological polar surface area (TPSA) is 17.1 Å². The third-order valence-corrected chi connectivity index (χ3v) is 3.71. The molecule has 0 fully saturated rings. The second-order valence-corrected chi connectivity index (χ2v) is 5.41. The summed E-state index contributed by atoms with van der Waals surface area (Å²) in [6.07, 6.45) is -2.76. The van der Waals surface area contributed by atoms with E-state index >= 15 is 0 Å². The Bertz CT molecular complexity index is 450.